The normalized spacial score (nSPS) is 10.9. The lowest BCUT2D eigenvalue weighted by Crippen LogP contribution is -2.16. The van der Waals surface area contributed by atoms with Gasteiger partial charge in [0.1, 0.15) is 0 Å². The molecule has 0 aromatic carbocycles. The molecule has 0 unspecified atom stereocenters. The second kappa shape index (κ2) is 4.88. The van der Waals surface area contributed by atoms with Crippen LogP contribution < -0.4 is 5.43 Å². The van der Waals surface area contributed by atoms with Crippen molar-refractivity contribution in [1.29, 1.82) is 0 Å². The third-order valence-electron chi connectivity index (χ3n) is 1.92. The number of nitrogens with zero attached hydrogens (tertiary/aromatic N) is 3. The van der Waals surface area contributed by atoms with Gasteiger partial charge in [0, 0.05) is 13.2 Å². The van der Waals surface area contributed by atoms with Gasteiger partial charge in [0.05, 0.1) is 22.9 Å². The van der Waals surface area contributed by atoms with E-state index in [-0.39, 0.29) is 11.0 Å². The number of hydrogen-bond donors (Lipinski definition) is 1. The second-order valence-corrected chi connectivity index (χ2v) is 4.31. The average Bonchev–Trinajstić information content (AvgIpc) is 2.88. The summed E-state index contributed by atoms with van der Waals surface area (Å²) in [6.07, 6.45) is 4.41. The van der Waals surface area contributed by atoms with Gasteiger partial charge in [0.25, 0.3) is 5.91 Å². The van der Waals surface area contributed by atoms with Gasteiger partial charge in [-0.3, -0.25) is 9.48 Å². The van der Waals surface area contributed by atoms with Crippen LogP contribution in [0.1, 0.15) is 15.2 Å². The fraction of sp³-hybridized carbons (Fsp3) is 0.100. The summed E-state index contributed by atoms with van der Waals surface area (Å²) in [5.41, 5.74) is 2.75. The zero-order valence-electron chi connectivity index (χ0n) is 8.92. The van der Waals surface area contributed by atoms with Crippen molar-refractivity contribution in [2.45, 2.75) is 0 Å². The number of rotatable bonds is 3. The van der Waals surface area contributed by atoms with Gasteiger partial charge in [-0.05, 0) is 12.1 Å². The number of aryl methyl sites for hydroxylation is 1. The molecule has 0 aliphatic rings. The van der Waals surface area contributed by atoms with Crippen LogP contribution in [0.2, 0.25) is 0 Å². The summed E-state index contributed by atoms with van der Waals surface area (Å²) in [6, 6.07) is 2.93. The molecule has 0 bridgehead atoms. The molecule has 1 amide bonds. The highest BCUT2D eigenvalue weighted by Gasteiger charge is 2.05. The van der Waals surface area contributed by atoms with Gasteiger partial charge in [0.2, 0.25) is 0 Å². The monoisotopic (exact) mass is 252 g/mol. The highest BCUT2D eigenvalue weighted by molar-refractivity contribution is 7.12. The van der Waals surface area contributed by atoms with E-state index < -0.39 is 0 Å². The van der Waals surface area contributed by atoms with Crippen LogP contribution in [0.5, 0.6) is 0 Å². The third-order valence-corrected chi connectivity index (χ3v) is 2.73. The molecular formula is C10H9FN4OS. The molecule has 17 heavy (non-hydrogen) atoms. The summed E-state index contributed by atoms with van der Waals surface area (Å²) >= 11 is 0.956. The molecular weight excluding hydrogens is 243 g/mol. The Bertz CT molecular complexity index is 560. The zero-order chi connectivity index (χ0) is 12.3. The largest absolute Gasteiger partial charge is 0.275 e. The predicted molar refractivity (Wildman–Crippen MR) is 62.5 cm³/mol. The average molecular weight is 252 g/mol. The number of hydrogen-bond acceptors (Lipinski definition) is 4. The summed E-state index contributed by atoms with van der Waals surface area (Å²) in [5, 5.41) is 7.30. The maximum absolute atomic E-state index is 12.6. The first-order valence-electron chi connectivity index (χ1n) is 4.72. The number of thiophene rings is 1. The number of amides is 1. The smallest absolute Gasteiger partial charge is 0.274 e. The second-order valence-electron chi connectivity index (χ2n) is 3.24. The van der Waals surface area contributed by atoms with E-state index in [1.165, 1.54) is 23.2 Å². The zero-order valence-corrected chi connectivity index (χ0v) is 9.74. The molecule has 0 spiro atoms. The predicted octanol–water partition coefficient (Wildman–Crippen LogP) is 1.38. The molecule has 2 heterocycles. The molecule has 0 fully saturated rings. The third kappa shape index (κ3) is 2.97. The Morgan fingerprint density at radius 2 is 2.47 bits per heavy atom. The molecule has 0 aliphatic heterocycles. The molecule has 0 aliphatic carbocycles. The van der Waals surface area contributed by atoms with Crippen molar-refractivity contribution < 1.29 is 9.18 Å². The van der Waals surface area contributed by atoms with Crippen molar-refractivity contribution in [3.05, 3.63) is 40.1 Å². The number of carbonyl (C=O) groups excluding carboxylic acids is 1. The highest BCUT2D eigenvalue weighted by Crippen LogP contribution is 2.11. The fourth-order valence-electron chi connectivity index (χ4n) is 1.16. The van der Waals surface area contributed by atoms with E-state index in [0.29, 0.717) is 10.4 Å². The lowest BCUT2D eigenvalue weighted by Gasteiger charge is -1.93. The van der Waals surface area contributed by atoms with Crippen molar-refractivity contribution in [2.24, 2.45) is 12.1 Å². The Labute approximate surface area is 101 Å². The van der Waals surface area contributed by atoms with Crippen LogP contribution in [0.3, 0.4) is 0 Å². The van der Waals surface area contributed by atoms with Crippen LogP contribution in [0.4, 0.5) is 4.39 Å². The van der Waals surface area contributed by atoms with Crippen LogP contribution in [-0.4, -0.2) is 21.9 Å². The Balaban J connectivity index is 1.94. The minimum absolute atomic E-state index is 0.287. The lowest BCUT2D eigenvalue weighted by molar-refractivity contribution is 0.0955. The van der Waals surface area contributed by atoms with Crippen molar-refractivity contribution in [3.8, 4) is 0 Å². The van der Waals surface area contributed by atoms with Crippen LogP contribution in [-0.2, 0) is 7.05 Å². The number of aromatic nitrogens is 2. The fourth-order valence-corrected chi connectivity index (χ4v) is 1.76. The lowest BCUT2D eigenvalue weighted by atomic mass is 10.3. The standard InChI is InChI=1S/C10H9FN4OS/c1-15-6-7(4-13-15)10(16)14-12-5-8-2-3-9(11)17-8/h2-6H,1H3,(H,14,16). The van der Waals surface area contributed by atoms with Gasteiger partial charge < -0.3 is 0 Å². The Morgan fingerprint density at radius 3 is 3.06 bits per heavy atom. The highest BCUT2D eigenvalue weighted by atomic mass is 32.1. The van der Waals surface area contributed by atoms with E-state index in [2.05, 4.69) is 15.6 Å². The summed E-state index contributed by atoms with van der Waals surface area (Å²) in [7, 11) is 1.72. The van der Waals surface area contributed by atoms with E-state index in [0.717, 1.165) is 11.3 Å². The SMILES string of the molecule is Cn1cc(C(=O)NN=Cc2ccc(F)s2)cn1. The molecule has 0 atom stereocenters. The van der Waals surface area contributed by atoms with Crippen molar-refractivity contribution in [3.63, 3.8) is 0 Å². The first-order valence-corrected chi connectivity index (χ1v) is 5.54. The van der Waals surface area contributed by atoms with Crippen LogP contribution in [0.15, 0.2) is 29.6 Å². The quantitative estimate of drug-likeness (QED) is 0.662. The molecule has 2 aromatic rings. The van der Waals surface area contributed by atoms with Gasteiger partial charge in [-0.1, -0.05) is 0 Å². The van der Waals surface area contributed by atoms with Gasteiger partial charge >= 0.3 is 0 Å². The molecule has 1 N–H and O–H groups in total. The Morgan fingerprint density at radius 1 is 1.65 bits per heavy atom. The molecule has 7 heteroatoms. The number of hydrazone groups is 1. The summed E-state index contributed by atoms with van der Waals surface area (Å²) in [4.78, 5) is 12.1. The minimum atomic E-state index is -0.355. The van der Waals surface area contributed by atoms with Crippen LogP contribution in [0.25, 0.3) is 0 Å². The van der Waals surface area contributed by atoms with E-state index >= 15 is 0 Å². The number of halogens is 1. The van der Waals surface area contributed by atoms with E-state index in [4.69, 9.17) is 0 Å². The molecule has 88 valence electrons. The molecule has 2 rings (SSSR count). The first-order chi connectivity index (χ1) is 8.15. The van der Waals surface area contributed by atoms with E-state index in [1.54, 1.807) is 19.3 Å². The van der Waals surface area contributed by atoms with Crippen LogP contribution >= 0.6 is 11.3 Å². The topological polar surface area (TPSA) is 59.3 Å². The molecule has 0 radical (unpaired) electrons. The molecule has 0 saturated carbocycles. The maximum Gasteiger partial charge on any atom is 0.274 e. The number of nitrogens with one attached hydrogen (secondary N) is 1. The first kappa shape index (κ1) is 11.5. The van der Waals surface area contributed by atoms with Gasteiger partial charge in [-0.2, -0.15) is 14.6 Å². The minimum Gasteiger partial charge on any atom is -0.275 e. The number of carbonyl (C=O) groups is 1. The van der Waals surface area contributed by atoms with Gasteiger partial charge in [-0.25, -0.2) is 5.43 Å². The van der Waals surface area contributed by atoms with Crippen LogP contribution in [0, 0.1) is 5.13 Å². The summed E-state index contributed by atoms with van der Waals surface area (Å²) in [5.74, 6) is -0.355. The van der Waals surface area contributed by atoms with E-state index in [1.807, 2.05) is 0 Å². The Hall–Kier alpha value is -2.02. The van der Waals surface area contributed by atoms with E-state index in [9.17, 15) is 9.18 Å². The van der Waals surface area contributed by atoms with Crippen molar-refractivity contribution in [1.82, 2.24) is 15.2 Å². The van der Waals surface area contributed by atoms with Crippen molar-refractivity contribution in [2.75, 3.05) is 0 Å². The molecule has 2 aromatic heterocycles. The summed E-state index contributed by atoms with van der Waals surface area (Å²) < 4.78 is 14.2. The van der Waals surface area contributed by atoms with Gasteiger partial charge in [0.15, 0.2) is 5.13 Å². The maximum atomic E-state index is 12.6. The van der Waals surface area contributed by atoms with Gasteiger partial charge in [-0.15, -0.1) is 11.3 Å². The Kier molecular flexibility index (Phi) is 3.29. The summed E-state index contributed by atoms with van der Waals surface area (Å²) in [6.45, 7) is 0. The molecule has 5 nitrogen and oxygen atoms in total. The van der Waals surface area contributed by atoms with Crippen molar-refractivity contribution >= 4 is 23.5 Å². The molecule has 0 saturated heterocycles.